The molecule has 1 heterocycles. The van der Waals surface area contributed by atoms with Gasteiger partial charge in [-0.15, -0.1) is 12.4 Å². The zero-order valence-electron chi connectivity index (χ0n) is 20.7. The molecule has 0 radical (unpaired) electrons. The van der Waals surface area contributed by atoms with Crippen LogP contribution in [0.25, 0.3) is 0 Å². The second-order valence-corrected chi connectivity index (χ2v) is 9.37. The molecular formula is C29H44ClNO2. The van der Waals surface area contributed by atoms with Gasteiger partial charge in [0.2, 0.25) is 0 Å². The first-order valence-corrected chi connectivity index (χ1v) is 12.9. The maximum atomic E-state index is 12.4. The molecule has 2 atom stereocenters. The standard InChI is InChI=1S/C29H43NO2.ClH/c1-3-5-6-7-12-21-29(31,26-17-19-27(20-18-26)32-4-2)28(25-15-10-8-11-16-25)24-30-22-13-9-14-23-30;/h8,10-11,15-20,28,31H,3-7,9,12-14,21-24H2,1-2H3;1H. The van der Waals surface area contributed by atoms with Crippen LogP contribution in [0.3, 0.4) is 0 Å². The zero-order chi connectivity index (χ0) is 22.7. The van der Waals surface area contributed by atoms with Crippen molar-refractivity contribution in [3.63, 3.8) is 0 Å². The summed E-state index contributed by atoms with van der Waals surface area (Å²) in [6, 6.07) is 18.9. The smallest absolute Gasteiger partial charge is 0.119 e. The second kappa shape index (κ2) is 14.7. The minimum Gasteiger partial charge on any atom is -0.494 e. The molecule has 1 aliphatic rings. The van der Waals surface area contributed by atoms with Gasteiger partial charge in [0.25, 0.3) is 0 Å². The van der Waals surface area contributed by atoms with Gasteiger partial charge in [0.05, 0.1) is 12.2 Å². The topological polar surface area (TPSA) is 32.7 Å². The van der Waals surface area contributed by atoms with Crippen LogP contribution < -0.4 is 4.74 Å². The Morgan fingerprint density at radius 1 is 0.879 bits per heavy atom. The van der Waals surface area contributed by atoms with Crippen molar-refractivity contribution in [3.05, 3.63) is 65.7 Å². The number of halogens is 1. The Hall–Kier alpha value is -1.55. The molecule has 3 nitrogen and oxygen atoms in total. The molecule has 2 aromatic carbocycles. The third kappa shape index (κ3) is 8.02. The Labute approximate surface area is 208 Å². The fraction of sp³-hybridized carbons (Fsp3) is 0.586. The minimum absolute atomic E-state index is 0. The second-order valence-electron chi connectivity index (χ2n) is 9.37. The van der Waals surface area contributed by atoms with Gasteiger partial charge >= 0.3 is 0 Å². The largest absolute Gasteiger partial charge is 0.494 e. The molecule has 2 unspecified atom stereocenters. The Balaban J connectivity index is 0.00000385. The van der Waals surface area contributed by atoms with Crippen LogP contribution in [0.15, 0.2) is 54.6 Å². The van der Waals surface area contributed by atoms with E-state index in [1.54, 1.807) is 0 Å². The molecule has 0 spiro atoms. The van der Waals surface area contributed by atoms with Crippen LogP contribution in [-0.4, -0.2) is 36.2 Å². The van der Waals surface area contributed by atoms with Gasteiger partial charge in [-0.2, -0.15) is 0 Å². The molecule has 0 amide bonds. The first-order valence-electron chi connectivity index (χ1n) is 12.9. The number of rotatable bonds is 13. The molecule has 4 heteroatoms. The number of ether oxygens (including phenoxy) is 1. The SMILES string of the molecule is CCCCCCCC(O)(c1ccc(OCC)cc1)C(CN1CCCCC1)c1ccccc1.Cl. The lowest BCUT2D eigenvalue weighted by Gasteiger charge is -2.41. The fourth-order valence-electron chi connectivity index (χ4n) is 5.14. The highest BCUT2D eigenvalue weighted by Crippen LogP contribution is 2.42. The summed E-state index contributed by atoms with van der Waals surface area (Å²) in [6.45, 7) is 8.09. The monoisotopic (exact) mass is 473 g/mol. The van der Waals surface area contributed by atoms with Crippen molar-refractivity contribution in [1.82, 2.24) is 4.90 Å². The predicted octanol–water partition coefficient (Wildman–Crippen LogP) is 7.32. The number of likely N-dealkylation sites (tertiary alicyclic amines) is 1. The Bertz CT molecular complexity index is 761. The van der Waals surface area contributed by atoms with Gasteiger partial charge in [0.15, 0.2) is 0 Å². The maximum absolute atomic E-state index is 12.4. The lowest BCUT2D eigenvalue weighted by Crippen LogP contribution is -2.42. The molecule has 33 heavy (non-hydrogen) atoms. The molecule has 0 aromatic heterocycles. The van der Waals surface area contributed by atoms with Crippen LogP contribution >= 0.6 is 12.4 Å². The fourth-order valence-corrected chi connectivity index (χ4v) is 5.14. The normalized spacial score (nSPS) is 17.1. The van der Waals surface area contributed by atoms with Crippen LogP contribution in [0.1, 0.15) is 88.7 Å². The average Bonchev–Trinajstić information content (AvgIpc) is 2.84. The van der Waals surface area contributed by atoms with Gasteiger partial charge < -0.3 is 14.7 Å². The first-order chi connectivity index (χ1) is 15.7. The summed E-state index contributed by atoms with van der Waals surface area (Å²) >= 11 is 0. The number of benzene rings is 2. The van der Waals surface area contributed by atoms with Gasteiger partial charge in [-0.25, -0.2) is 0 Å². The van der Waals surface area contributed by atoms with Crippen molar-refractivity contribution in [1.29, 1.82) is 0 Å². The van der Waals surface area contributed by atoms with Crippen molar-refractivity contribution in [2.45, 2.75) is 83.2 Å². The summed E-state index contributed by atoms with van der Waals surface area (Å²) in [5, 5.41) is 12.4. The Kier molecular flexibility index (Phi) is 12.3. The van der Waals surface area contributed by atoms with Gasteiger partial charge in [0.1, 0.15) is 5.75 Å². The number of unbranched alkanes of at least 4 members (excludes halogenated alkanes) is 4. The van der Waals surface area contributed by atoms with Gasteiger partial charge in [-0.1, -0.05) is 87.9 Å². The van der Waals surface area contributed by atoms with Crippen molar-refractivity contribution in [2.75, 3.05) is 26.2 Å². The van der Waals surface area contributed by atoms with E-state index in [-0.39, 0.29) is 18.3 Å². The summed E-state index contributed by atoms with van der Waals surface area (Å²) in [4.78, 5) is 2.57. The van der Waals surface area contributed by atoms with E-state index in [4.69, 9.17) is 4.74 Å². The molecular weight excluding hydrogens is 430 g/mol. The van der Waals surface area contributed by atoms with Crippen LogP contribution in [0, 0.1) is 0 Å². The molecule has 3 rings (SSSR count). The Morgan fingerprint density at radius 2 is 1.55 bits per heavy atom. The van der Waals surface area contributed by atoms with Crippen LogP contribution in [-0.2, 0) is 5.60 Å². The van der Waals surface area contributed by atoms with Crippen molar-refractivity contribution >= 4 is 12.4 Å². The summed E-state index contributed by atoms with van der Waals surface area (Å²) in [6.07, 6.45) is 10.6. The third-order valence-electron chi connectivity index (χ3n) is 6.99. The maximum Gasteiger partial charge on any atom is 0.119 e. The van der Waals surface area contributed by atoms with E-state index < -0.39 is 5.60 Å². The molecule has 1 aliphatic heterocycles. The summed E-state index contributed by atoms with van der Waals surface area (Å²) in [5.41, 5.74) is 1.36. The number of hydrogen-bond acceptors (Lipinski definition) is 3. The molecule has 0 saturated carbocycles. The van der Waals surface area contributed by atoms with E-state index in [1.165, 1.54) is 50.5 Å². The van der Waals surface area contributed by atoms with Crippen molar-refractivity contribution < 1.29 is 9.84 Å². The Morgan fingerprint density at radius 3 is 2.18 bits per heavy atom. The van der Waals surface area contributed by atoms with Gasteiger partial charge in [-0.05, 0) is 62.5 Å². The molecule has 184 valence electrons. The molecule has 0 aliphatic carbocycles. The highest BCUT2D eigenvalue weighted by Gasteiger charge is 2.40. The quantitative estimate of drug-likeness (QED) is 0.309. The van der Waals surface area contributed by atoms with Crippen molar-refractivity contribution in [3.8, 4) is 5.75 Å². The van der Waals surface area contributed by atoms with E-state index in [2.05, 4.69) is 54.3 Å². The lowest BCUT2D eigenvalue weighted by molar-refractivity contribution is -0.0168. The number of aliphatic hydroxyl groups is 1. The van der Waals surface area contributed by atoms with Gasteiger partial charge in [0, 0.05) is 12.5 Å². The van der Waals surface area contributed by atoms with E-state index in [0.717, 1.165) is 43.8 Å². The summed E-state index contributed by atoms with van der Waals surface area (Å²) in [7, 11) is 0. The third-order valence-corrected chi connectivity index (χ3v) is 6.99. The molecule has 1 N–H and O–H groups in total. The predicted molar refractivity (Wildman–Crippen MR) is 142 cm³/mol. The number of piperidine rings is 1. The lowest BCUT2D eigenvalue weighted by atomic mass is 9.73. The van der Waals surface area contributed by atoms with Gasteiger partial charge in [-0.3, -0.25) is 0 Å². The van der Waals surface area contributed by atoms with E-state index in [1.807, 2.05) is 19.1 Å². The molecule has 0 bridgehead atoms. The summed E-state index contributed by atoms with van der Waals surface area (Å²) in [5.74, 6) is 0.916. The number of hydrogen-bond donors (Lipinski definition) is 1. The zero-order valence-corrected chi connectivity index (χ0v) is 21.5. The summed E-state index contributed by atoms with van der Waals surface area (Å²) < 4.78 is 5.68. The highest BCUT2D eigenvalue weighted by atomic mass is 35.5. The number of nitrogens with zero attached hydrogens (tertiary/aromatic N) is 1. The van der Waals surface area contributed by atoms with E-state index in [0.29, 0.717) is 6.61 Å². The van der Waals surface area contributed by atoms with Crippen molar-refractivity contribution in [2.24, 2.45) is 0 Å². The van der Waals surface area contributed by atoms with Crippen LogP contribution in [0.5, 0.6) is 5.75 Å². The molecule has 2 aromatic rings. The van der Waals surface area contributed by atoms with Crippen LogP contribution in [0.2, 0.25) is 0 Å². The highest BCUT2D eigenvalue weighted by molar-refractivity contribution is 5.85. The van der Waals surface area contributed by atoms with Crippen LogP contribution in [0.4, 0.5) is 0 Å². The first kappa shape index (κ1) is 27.7. The van der Waals surface area contributed by atoms with E-state index >= 15 is 0 Å². The minimum atomic E-state index is -0.893. The molecule has 1 fully saturated rings. The average molecular weight is 474 g/mol. The van der Waals surface area contributed by atoms with E-state index in [9.17, 15) is 5.11 Å². The molecule has 1 saturated heterocycles.